The van der Waals surface area contributed by atoms with Gasteiger partial charge < -0.3 is 10.5 Å². The monoisotopic (exact) mass is 272 g/mol. The van der Waals surface area contributed by atoms with Crippen LogP contribution in [0.4, 0.5) is 13.2 Å². The number of nitrogens with zero attached hydrogens (tertiary/aromatic N) is 1. The standard InChI is InChI=1S/C12H11F3N2O2/c1-19-11(18)10(17)5-7-2-3-9(12(13,14)15)4-8(7)6-16/h2-4,10H,5,17H2,1H3/t10-/m1/s1. The Balaban J connectivity index is 3.05. The van der Waals surface area contributed by atoms with Crippen LogP contribution in [0.5, 0.6) is 0 Å². The second-order valence-electron chi connectivity index (χ2n) is 3.82. The minimum Gasteiger partial charge on any atom is -0.468 e. The maximum atomic E-state index is 12.5. The lowest BCUT2D eigenvalue weighted by Gasteiger charge is -2.12. The highest BCUT2D eigenvalue weighted by Crippen LogP contribution is 2.30. The maximum Gasteiger partial charge on any atom is 0.416 e. The molecule has 2 N–H and O–H groups in total. The van der Waals surface area contributed by atoms with E-state index in [-0.39, 0.29) is 17.5 Å². The van der Waals surface area contributed by atoms with Crippen LogP contribution < -0.4 is 5.73 Å². The molecule has 0 heterocycles. The molecule has 0 aliphatic heterocycles. The predicted molar refractivity (Wildman–Crippen MR) is 59.9 cm³/mol. The van der Waals surface area contributed by atoms with Gasteiger partial charge in [-0.1, -0.05) is 6.07 Å². The zero-order valence-electron chi connectivity index (χ0n) is 9.99. The number of nitrogens with two attached hydrogens (primary N) is 1. The van der Waals surface area contributed by atoms with Crippen LogP contribution in [0.3, 0.4) is 0 Å². The first-order chi connectivity index (χ1) is 8.79. The number of methoxy groups -OCH3 is 1. The smallest absolute Gasteiger partial charge is 0.416 e. The topological polar surface area (TPSA) is 76.1 Å². The first-order valence-corrected chi connectivity index (χ1v) is 5.23. The molecule has 1 aromatic carbocycles. The number of halogens is 3. The van der Waals surface area contributed by atoms with Crippen molar-refractivity contribution in [2.75, 3.05) is 7.11 Å². The number of ether oxygens (including phenoxy) is 1. The lowest BCUT2D eigenvalue weighted by molar-refractivity contribution is -0.142. The Morgan fingerprint density at radius 2 is 2.16 bits per heavy atom. The van der Waals surface area contributed by atoms with Crippen molar-refractivity contribution in [2.45, 2.75) is 18.6 Å². The zero-order chi connectivity index (χ0) is 14.6. The summed E-state index contributed by atoms with van der Waals surface area (Å²) in [6, 6.07) is 3.37. The summed E-state index contributed by atoms with van der Waals surface area (Å²) in [6.07, 6.45) is -4.58. The van der Waals surface area contributed by atoms with Crippen LogP contribution in [0.2, 0.25) is 0 Å². The number of nitriles is 1. The third-order valence-corrected chi connectivity index (χ3v) is 2.50. The Morgan fingerprint density at radius 3 is 2.63 bits per heavy atom. The van der Waals surface area contributed by atoms with E-state index >= 15 is 0 Å². The molecule has 1 atom stereocenters. The van der Waals surface area contributed by atoms with Gasteiger partial charge in [0.15, 0.2) is 0 Å². The fourth-order valence-corrected chi connectivity index (χ4v) is 1.51. The summed E-state index contributed by atoms with van der Waals surface area (Å²) in [5.41, 5.74) is 4.70. The van der Waals surface area contributed by atoms with Crippen molar-refractivity contribution in [3.63, 3.8) is 0 Å². The molecule has 1 aromatic rings. The Morgan fingerprint density at radius 1 is 1.53 bits per heavy atom. The molecule has 0 saturated heterocycles. The van der Waals surface area contributed by atoms with Gasteiger partial charge in [0.25, 0.3) is 0 Å². The summed E-state index contributed by atoms with van der Waals surface area (Å²) < 4.78 is 41.8. The Labute approximate surface area is 107 Å². The molecule has 0 aliphatic carbocycles. The van der Waals surface area contributed by atoms with Crippen molar-refractivity contribution >= 4 is 5.97 Å². The number of benzene rings is 1. The van der Waals surface area contributed by atoms with Crippen molar-refractivity contribution in [3.8, 4) is 6.07 Å². The minimum absolute atomic E-state index is 0.0618. The molecule has 0 aromatic heterocycles. The summed E-state index contributed by atoms with van der Waals surface area (Å²) in [4.78, 5) is 11.1. The lowest BCUT2D eigenvalue weighted by Crippen LogP contribution is -2.33. The Hall–Kier alpha value is -2.07. The third-order valence-electron chi connectivity index (χ3n) is 2.50. The fourth-order valence-electron chi connectivity index (χ4n) is 1.51. The number of hydrogen-bond acceptors (Lipinski definition) is 4. The highest BCUT2D eigenvalue weighted by molar-refractivity contribution is 5.75. The van der Waals surface area contributed by atoms with Gasteiger partial charge in [-0.05, 0) is 24.1 Å². The first-order valence-electron chi connectivity index (χ1n) is 5.23. The number of esters is 1. The summed E-state index contributed by atoms with van der Waals surface area (Å²) >= 11 is 0. The van der Waals surface area contributed by atoms with Crippen LogP contribution in [0, 0.1) is 11.3 Å². The maximum absolute atomic E-state index is 12.5. The largest absolute Gasteiger partial charge is 0.468 e. The van der Waals surface area contributed by atoms with Crippen LogP contribution in [0.1, 0.15) is 16.7 Å². The second kappa shape index (κ2) is 5.71. The quantitative estimate of drug-likeness (QED) is 0.848. The van der Waals surface area contributed by atoms with E-state index in [2.05, 4.69) is 4.74 Å². The molecular formula is C12H11F3N2O2. The van der Waals surface area contributed by atoms with Crippen molar-refractivity contribution in [1.82, 2.24) is 0 Å². The SMILES string of the molecule is COC(=O)[C@H](N)Cc1ccc(C(F)(F)F)cc1C#N. The van der Waals surface area contributed by atoms with Crippen LogP contribution in [-0.2, 0) is 22.1 Å². The first kappa shape index (κ1) is 15.0. The second-order valence-corrected chi connectivity index (χ2v) is 3.82. The predicted octanol–water partition coefficient (Wildman–Crippen LogP) is 1.62. The normalized spacial score (nSPS) is 12.6. The molecule has 0 bridgehead atoms. The molecular weight excluding hydrogens is 261 g/mol. The van der Waals surface area contributed by atoms with Gasteiger partial charge >= 0.3 is 12.1 Å². The van der Waals surface area contributed by atoms with Crippen LogP contribution >= 0.6 is 0 Å². The van der Waals surface area contributed by atoms with Crippen molar-refractivity contribution < 1.29 is 22.7 Å². The molecule has 0 saturated carbocycles. The summed E-state index contributed by atoms with van der Waals surface area (Å²) in [7, 11) is 1.15. The Bertz CT molecular complexity index is 521. The van der Waals surface area contributed by atoms with Gasteiger partial charge in [0.2, 0.25) is 0 Å². The van der Waals surface area contributed by atoms with Gasteiger partial charge in [0.1, 0.15) is 6.04 Å². The zero-order valence-corrected chi connectivity index (χ0v) is 9.99. The van der Waals surface area contributed by atoms with E-state index in [4.69, 9.17) is 11.0 Å². The lowest BCUT2D eigenvalue weighted by atomic mass is 9.99. The number of hydrogen-bond donors (Lipinski definition) is 1. The van der Waals surface area contributed by atoms with E-state index in [0.29, 0.717) is 0 Å². The van der Waals surface area contributed by atoms with Gasteiger partial charge in [0.05, 0.1) is 24.3 Å². The molecule has 1 rings (SSSR count). The molecule has 102 valence electrons. The average Bonchev–Trinajstić information content (AvgIpc) is 2.36. The fraction of sp³-hybridized carbons (Fsp3) is 0.333. The minimum atomic E-state index is -4.52. The molecule has 0 amide bonds. The van der Waals surface area contributed by atoms with Gasteiger partial charge in [-0.2, -0.15) is 18.4 Å². The van der Waals surface area contributed by atoms with Crippen LogP contribution in [-0.4, -0.2) is 19.1 Å². The van der Waals surface area contributed by atoms with E-state index in [0.717, 1.165) is 25.3 Å². The highest BCUT2D eigenvalue weighted by Gasteiger charge is 2.31. The third kappa shape index (κ3) is 3.69. The van der Waals surface area contributed by atoms with E-state index < -0.39 is 23.8 Å². The van der Waals surface area contributed by atoms with E-state index in [1.54, 1.807) is 6.07 Å². The summed E-state index contributed by atoms with van der Waals surface area (Å²) in [5, 5.41) is 8.84. The number of carbonyl (C=O) groups excluding carboxylic acids is 1. The number of alkyl halides is 3. The molecule has 0 radical (unpaired) electrons. The van der Waals surface area contributed by atoms with Gasteiger partial charge in [-0.15, -0.1) is 0 Å². The van der Waals surface area contributed by atoms with Crippen molar-refractivity contribution in [3.05, 3.63) is 34.9 Å². The van der Waals surface area contributed by atoms with E-state index in [1.165, 1.54) is 0 Å². The molecule has 4 nitrogen and oxygen atoms in total. The Kier molecular flexibility index (Phi) is 4.51. The summed E-state index contributed by atoms with van der Waals surface area (Å²) in [6.45, 7) is 0. The van der Waals surface area contributed by atoms with Gasteiger partial charge in [-0.3, -0.25) is 4.79 Å². The molecule has 0 aliphatic rings. The van der Waals surface area contributed by atoms with E-state index in [9.17, 15) is 18.0 Å². The van der Waals surface area contributed by atoms with Crippen LogP contribution in [0.15, 0.2) is 18.2 Å². The average molecular weight is 272 g/mol. The number of carbonyl (C=O) groups is 1. The van der Waals surface area contributed by atoms with Crippen molar-refractivity contribution in [1.29, 1.82) is 5.26 Å². The van der Waals surface area contributed by atoms with Crippen molar-refractivity contribution in [2.24, 2.45) is 5.73 Å². The molecule has 7 heteroatoms. The summed E-state index contributed by atoms with van der Waals surface area (Å²) in [5.74, 6) is -0.691. The van der Waals surface area contributed by atoms with E-state index in [1.807, 2.05) is 0 Å². The molecule has 0 unspecified atom stereocenters. The molecule has 0 spiro atoms. The highest BCUT2D eigenvalue weighted by atomic mass is 19.4. The van der Waals surface area contributed by atoms with Gasteiger partial charge in [-0.25, -0.2) is 0 Å². The van der Waals surface area contributed by atoms with Gasteiger partial charge in [0, 0.05) is 0 Å². The molecule has 19 heavy (non-hydrogen) atoms. The number of rotatable bonds is 3. The van der Waals surface area contributed by atoms with Crippen LogP contribution in [0.25, 0.3) is 0 Å². The molecule has 0 fully saturated rings.